The molecule has 0 aliphatic rings. The van der Waals surface area contributed by atoms with Gasteiger partial charge in [0.15, 0.2) is 0 Å². The minimum Gasteiger partial charge on any atom is -0.254 e. The molecule has 1 N–H and O–H groups in total. The molecule has 1 aromatic carbocycles. The zero-order valence-electron chi connectivity index (χ0n) is 8.10. The second-order valence-electron chi connectivity index (χ2n) is 3.88. The molecule has 0 heterocycles. The molecule has 0 aliphatic heterocycles. The van der Waals surface area contributed by atoms with Crippen LogP contribution in [0.3, 0.4) is 0 Å². The molecule has 0 amide bonds. The van der Waals surface area contributed by atoms with Crippen molar-refractivity contribution in [1.29, 1.82) is 0 Å². The van der Waals surface area contributed by atoms with E-state index < -0.39 is 0 Å². The first-order valence-electron chi connectivity index (χ1n) is 4.17. The second kappa shape index (κ2) is 4.11. The zero-order chi connectivity index (χ0) is 9.90. The lowest BCUT2D eigenvalue weighted by Crippen LogP contribution is -2.29. The number of nitrogens with one attached hydrogen (secondary N) is 1. The molecule has 0 saturated heterocycles. The molecule has 1 rings (SSSR count). The van der Waals surface area contributed by atoms with E-state index in [1.807, 2.05) is 26.8 Å². The number of halogens is 1. The van der Waals surface area contributed by atoms with Crippen LogP contribution in [0.2, 0.25) is 0 Å². The van der Waals surface area contributed by atoms with Gasteiger partial charge in [-0.2, -0.15) is 0 Å². The van der Waals surface area contributed by atoms with E-state index in [4.69, 9.17) is 0 Å². The van der Waals surface area contributed by atoms with Crippen LogP contribution in [0.4, 0.5) is 4.39 Å². The maximum Gasteiger partial charge on any atom is 0.138 e. The highest BCUT2D eigenvalue weighted by Gasteiger charge is 2.10. The lowest BCUT2D eigenvalue weighted by Gasteiger charge is -2.19. The third-order valence-corrected chi connectivity index (χ3v) is 2.57. The summed E-state index contributed by atoms with van der Waals surface area (Å²) in [5, 5.41) is 0. The van der Waals surface area contributed by atoms with Crippen molar-refractivity contribution in [2.75, 3.05) is 0 Å². The first-order valence-corrected chi connectivity index (χ1v) is 4.99. The summed E-state index contributed by atoms with van der Waals surface area (Å²) >= 11 is 1.33. The van der Waals surface area contributed by atoms with Gasteiger partial charge in [0.1, 0.15) is 5.82 Å². The molecule has 0 bridgehead atoms. The van der Waals surface area contributed by atoms with Gasteiger partial charge in [-0.3, -0.25) is 4.72 Å². The van der Waals surface area contributed by atoms with Gasteiger partial charge in [-0.15, -0.1) is 0 Å². The first kappa shape index (κ1) is 10.5. The number of rotatable bonds is 2. The Morgan fingerprint density at radius 1 is 1.23 bits per heavy atom. The third kappa shape index (κ3) is 3.79. The smallest absolute Gasteiger partial charge is 0.138 e. The van der Waals surface area contributed by atoms with Gasteiger partial charge in [0.2, 0.25) is 0 Å². The highest BCUT2D eigenvalue weighted by molar-refractivity contribution is 7.97. The Hall–Kier alpha value is -0.540. The van der Waals surface area contributed by atoms with Crippen LogP contribution in [0.5, 0.6) is 0 Å². The Morgan fingerprint density at radius 2 is 1.85 bits per heavy atom. The summed E-state index contributed by atoms with van der Waals surface area (Å²) in [7, 11) is 0. The predicted octanol–water partition coefficient (Wildman–Crippen LogP) is 3.22. The van der Waals surface area contributed by atoms with Crippen molar-refractivity contribution in [3.8, 4) is 0 Å². The molecular formula is C10H14FNS. The molecule has 1 aromatic rings. The minimum atomic E-state index is -0.177. The summed E-state index contributed by atoms with van der Waals surface area (Å²) in [6, 6.07) is 6.75. The molecule has 0 aliphatic carbocycles. The van der Waals surface area contributed by atoms with Gasteiger partial charge in [-0.1, -0.05) is 12.1 Å². The molecule has 72 valence electrons. The maximum absolute atomic E-state index is 13.1. The Balaban J connectivity index is 2.60. The van der Waals surface area contributed by atoms with Crippen LogP contribution in [0.1, 0.15) is 20.8 Å². The fourth-order valence-electron chi connectivity index (χ4n) is 0.736. The van der Waals surface area contributed by atoms with Crippen LogP contribution >= 0.6 is 11.9 Å². The highest BCUT2D eigenvalue weighted by Crippen LogP contribution is 2.20. The van der Waals surface area contributed by atoms with Crippen molar-refractivity contribution in [3.05, 3.63) is 30.1 Å². The van der Waals surface area contributed by atoms with E-state index in [-0.39, 0.29) is 11.4 Å². The fourth-order valence-corrected chi connectivity index (χ4v) is 1.46. The first-order chi connectivity index (χ1) is 5.99. The van der Waals surface area contributed by atoms with Crippen molar-refractivity contribution in [2.45, 2.75) is 31.2 Å². The molecule has 0 spiro atoms. The number of hydrogen-bond donors (Lipinski definition) is 1. The van der Waals surface area contributed by atoms with Gasteiger partial charge in [0, 0.05) is 5.54 Å². The molecule has 0 saturated carbocycles. The molecule has 0 atom stereocenters. The van der Waals surface area contributed by atoms with Gasteiger partial charge in [0.25, 0.3) is 0 Å². The van der Waals surface area contributed by atoms with E-state index in [0.29, 0.717) is 4.90 Å². The largest absolute Gasteiger partial charge is 0.254 e. The molecule has 13 heavy (non-hydrogen) atoms. The summed E-state index contributed by atoms with van der Waals surface area (Å²) in [6.45, 7) is 6.13. The average molecular weight is 199 g/mol. The topological polar surface area (TPSA) is 12.0 Å². The lowest BCUT2D eigenvalue weighted by molar-refractivity contribution is 0.533. The summed E-state index contributed by atoms with van der Waals surface area (Å²) < 4.78 is 16.3. The molecule has 3 heteroatoms. The maximum atomic E-state index is 13.1. The minimum absolute atomic E-state index is 0.00700. The van der Waals surface area contributed by atoms with Crippen LogP contribution in [-0.2, 0) is 0 Å². The van der Waals surface area contributed by atoms with E-state index in [2.05, 4.69) is 4.72 Å². The number of hydrogen-bond acceptors (Lipinski definition) is 2. The van der Waals surface area contributed by atoms with Gasteiger partial charge < -0.3 is 0 Å². The van der Waals surface area contributed by atoms with E-state index in [1.54, 1.807) is 12.1 Å². The predicted molar refractivity (Wildman–Crippen MR) is 55.1 cm³/mol. The van der Waals surface area contributed by atoms with E-state index in [9.17, 15) is 4.39 Å². The zero-order valence-corrected chi connectivity index (χ0v) is 8.91. The second-order valence-corrected chi connectivity index (χ2v) is 4.73. The van der Waals surface area contributed by atoms with Crippen LogP contribution in [0, 0.1) is 5.82 Å². The van der Waals surface area contributed by atoms with Crippen molar-refractivity contribution in [1.82, 2.24) is 4.72 Å². The molecule has 0 unspecified atom stereocenters. The highest BCUT2D eigenvalue weighted by atomic mass is 32.2. The molecule has 0 fully saturated rings. The van der Waals surface area contributed by atoms with E-state index in [1.165, 1.54) is 18.0 Å². The average Bonchev–Trinajstić information content (AvgIpc) is 2.01. The Kier molecular flexibility index (Phi) is 3.33. The van der Waals surface area contributed by atoms with Crippen LogP contribution < -0.4 is 4.72 Å². The van der Waals surface area contributed by atoms with Crippen molar-refractivity contribution in [2.24, 2.45) is 0 Å². The van der Waals surface area contributed by atoms with Crippen molar-refractivity contribution >= 4 is 11.9 Å². The van der Waals surface area contributed by atoms with E-state index in [0.717, 1.165) is 0 Å². The van der Waals surface area contributed by atoms with Gasteiger partial charge >= 0.3 is 0 Å². The Morgan fingerprint density at radius 3 is 2.38 bits per heavy atom. The Bertz CT molecular complexity index is 280. The van der Waals surface area contributed by atoms with Gasteiger partial charge in [-0.25, -0.2) is 4.39 Å². The number of benzene rings is 1. The summed E-state index contributed by atoms with van der Waals surface area (Å²) in [4.78, 5) is 0.637. The molecular weight excluding hydrogens is 185 g/mol. The normalized spacial score (nSPS) is 11.7. The van der Waals surface area contributed by atoms with Crippen molar-refractivity contribution < 1.29 is 4.39 Å². The molecule has 1 nitrogen and oxygen atoms in total. The standard InChI is InChI=1S/C10H14FNS/c1-10(2,3)12-13-9-7-5-4-6-8(9)11/h4-7,12H,1-3H3. The van der Waals surface area contributed by atoms with Gasteiger partial charge in [-0.05, 0) is 44.9 Å². The SMILES string of the molecule is CC(C)(C)NSc1ccccc1F. The quantitative estimate of drug-likeness (QED) is 0.734. The molecule has 0 aromatic heterocycles. The van der Waals surface area contributed by atoms with Crippen LogP contribution in [-0.4, -0.2) is 5.54 Å². The van der Waals surface area contributed by atoms with Gasteiger partial charge in [0.05, 0.1) is 4.90 Å². The molecule has 0 radical (unpaired) electrons. The third-order valence-electron chi connectivity index (χ3n) is 1.30. The monoisotopic (exact) mass is 199 g/mol. The lowest BCUT2D eigenvalue weighted by atomic mass is 10.1. The van der Waals surface area contributed by atoms with E-state index >= 15 is 0 Å². The Labute approximate surface area is 82.9 Å². The van der Waals surface area contributed by atoms with Crippen LogP contribution in [0.25, 0.3) is 0 Å². The summed E-state index contributed by atoms with van der Waals surface area (Å²) in [5.74, 6) is -0.177. The van der Waals surface area contributed by atoms with Crippen molar-refractivity contribution in [3.63, 3.8) is 0 Å². The van der Waals surface area contributed by atoms with Crippen LogP contribution in [0.15, 0.2) is 29.2 Å². The summed E-state index contributed by atoms with van der Waals surface area (Å²) in [6.07, 6.45) is 0. The fraction of sp³-hybridized carbons (Fsp3) is 0.400. The summed E-state index contributed by atoms with van der Waals surface area (Å²) in [5.41, 5.74) is -0.00700.